The van der Waals surface area contributed by atoms with E-state index in [1.165, 1.54) is 0 Å². The van der Waals surface area contributed by atoms with Crippen molar-refractivity contribution in [2.24, 2.45) is 0 Å². The number of hydrogen-bond acceptors (Lipinski definition) is 5. The maximum absolute atomic E-state index is 12.2. The molecule has 0 bridgehead atoms. The molecule has 3 rings (SSSR count). The second-order valence-corrected chi connectivity index (χ2v) is 6.65. The van der Waals surface area contributed by atoms with Crippen molar-refractivity contribution in [3.05, 3.63) is 63.9 Å². The molecular formula is C18H18Cl2N6O. The molecule has 0 unspecified atom stereocenters. The Morgan fingerprint density at radius 1 is 1.15 bits per heavy atom. The highest BCUT2D eigenvalue weighted by atomic mass is 35.5. The standard InChI is InChI=1S/C18H18Cl2N6O/c1-11-24-16(10-17(25-11)26-8-7-21-12(26)2)22-5-6-23-18(27)14-4-3-13(19)9-15(14)20/h3-4,7-10H,5-6H2,1-2H3,(H,23,27)(H,22,24,25). The van der Waals surface area contributed by atoms with Crippen LogP contribution in [-0.4, -0.2) is 38.5 Å². The quantitative estimate of drug-likeness (QED) is 0.614. The summed E-state index contributed by atoms with van der Waals surface area (Å²) in [5.74, 6) is 2.62. The van der Waals surface area contributed by atoms with Crippen LogP contribution in [0.15, 0.2) is 36.7 Å². The van der Waals surface area contributed by atoms with Crippen LogP contribution in [0, 0.1) is 13.8 Å². The van der Waals surface area contributed by atoms with Gasteiger partial charge in [0, 0.05) is 36.6 Å². The summed E-state index contributed by atoms with van der Waals surface area (Å²) in [5, 5.41) is 6.80. The van der Waals surface area contributed by atoms with Gasteiger partial charge in [-0.05, 0) is 32.0 Å². The number of aryl methyl sites for hydroxylation is 2. The molecule has 0 atom stereocenters. The molecule has 140 valence electrons. The summed E-state index contributed by atoms with van der Waals surface area (Å²) >= 11 is 11.9. The summed E-state index contributed by atoms with van der Waals surface area (Å²) < 4.78 is 1.88. The Bertz CT molecular complexity index is 972. The fourth-order valence-corrected chi connectivity index (χ4v) is 3.02. The first-order valence-corrected chi connectivity index (χ1v) is 9.03. The van der Waals surface area contributed by atoms with E-state index in [9.17, 15) is 4.79 Å². The molecule has 0 saturated heterocycles. The molecular weight excluding hydrogens is 387 g/mol. The number of aromatic nitrogens is 4. The molecule has 0 spiro atoms. The number of carbonyl (C=O) groups excluding carboxylic acids is 1. The number of anilines is 1. The Morgan fingerprint density at radius 2 is 1.96 bits per heavy atom. The molecule has 9 heteroatoms. The van der Waals surface area contributed by atoms with E-state index in [1.807, 2.05) is 30.7 Å². The van der Waals surface area contributed by atoms with Crippen LogP contribution in [0.1, 0.15) is 22.0 Å². The molecule has 27 heavy (non-hydrogen) atoms. The van der Waals surface area contributed by atoms with Crippen LogP contribution >= 0.6 is 23.2 Å². The van der Waals surface area contributed by atoms with Gasteiger partial charge in [-0.25, -0.2) is 15.0 Å². The monoisotopic (exact) mass is 404 g/mol. The van der Waals surface area contributed by atoms with Gasteiger partial charge in [0.25, 0.3) is 5.91 Å². The van der Waals surface area contributed by atoms with E-state index in [0.717, 1.165) is 11.6 Å². The molecule has 1 aromatic carbocycles. The highest BCUT2D eigenvalue weighted by Crippen LogP contribution is 2.20. The van der Waals surface area contributed by atoms with Crippen molar-refractivity contribution < 1.29 is 4.79 Å². The normalized spacial score (nSPS) is 10.7. The van der Waals surface area contributed by atoms with Crippen LogP contribution in [-0.2, 0) is 0 Å². The Morgan fingerprint density at radius 3 is 2.67 bits per heavy atom. The van der Waals surface area contributed by atoms with Gasteiger partial charge in [0.1, 0.15) is 23.3 Å². The van der Waals surface area contributed by atoms with E-state index < -0.39 is 0 Å². The van der Waals surface area contributed by atoms with Gasteiger partial charge < -0.3 is 10.6 Å². The molecule has 3 aromatic rings. The number of carbonyl (C=O) groups is 1. The molecule has 2 N–H and O–H groups in total. The smallest absolute Gasteiger partial charge is 0.252 e. The Labute approximate surface area is 166 Å². The summed E-state index contributed by atoms with van der Waals surface area (Å²) in [7, 11) is 0. The van der Waals surface area contributed by atoms with Gasteiger partial charge in [-0.3, -0.25) is 9.36 Å². The summed E-state index contributed by atoms with van der Waals surface area (Å²) in [6, 6.07) is 6.60. The van der Waals surface area contributed by atoms with Crippen LogP contribution in [0.5, 0.6) is 0 Å². The predicted octanol–water partition coefficient (Wildman–Crippen LogP) is 3.43. The van der Waals surface area contributed by atoms with E-state index >= 15 is 0 Å². The lowest BCUT2D eigenvalue weighted by Gasteiger charge is -2.11. The second kappa shape index (κ2) is 8.37. The van der Waals surface area contributed by atoms with Crippen molar-refractivity contribution in [1.82, 2.24) is 24.8 Å². The largest absolute Gasteiger partial charge is 0.368 e. The first-order chi connectivity index (χ1) is 12.9. The SMILES string of the molecule is Cc1nc(NCCNC(=O)c2ccc(Cl)cc2Cl)cc(-n2ccnc2C)n1. The van der Waals surface area contributed by atoms with E-state index in [0.29, 0.717) is 40.3 Å². The minimum atomic E-state index is -0.257. The maximum Gasteiger partial charge on any atom is 0.252 e. The molecule has 2 aromatic heterocycles. The minimum Gasteiger partial charge on any atom is -0.368 e. The van der Waals surface area contributed by atoms with Gasteiger partial charge >= 0.3 is 0 Å². The van der Waals surface area contributed by atoms with Gasteiger partial charge in [-0.15, -0.1) is 0 Å². The zero-order valence-electron chi connectivity index (χ0n) is 14.8. The number of benzene rings is 1. The summed E-state index contributed by atoms with van der Waals surface area (Å²) in [5.41, 5.74) is 0.386. The molecule has 0 aliphatic rings. The van der Waals surface area contributed by atoms with Crippen molar-refractivity contribution >= 4 is 34.9 Å². The third-order valence-electron chi connectivity index (χ3n) is 3.79. The van der Waals surface area contributed by atoms with Crippen LogP contribution in [0.3, 0.4) is 0 Å². The summed E-state index contributed by atoms with van der Waals surface area (Å²) in [6.45, 7) is 4.63. The molecule has 0 fully saturated rings. The Kier molecular flexibility index (Phi) is 5.93. The van der Waals surface area contributed by atoms with Crippen LogP contribution in [0.2, 0.25) is 10.0 Å². The van der Waals surface area contributed by atoms with Gasteiger partial charge in [0.15, 0.2) is 0 Å². The lowest BCUT2D eigenvalue weighted by atomic mass is 10.2. The van der Waals surface area contributed by atoms with Crippen molar-refractivity contribution in [3.63, 3.8) is 0 Å². The van der Waals surface area contributed by atoms with E-state index in [2.05, 4.69) is 25.6 Å². The maximum atomic E-state index is 12.2. The summed E-state index contributed by atoms with van der Waals surface area (Å²) in [4.78, 5) is 25.2. The van der Waals surface area contributed by atoms with Crippen molar-refractivity contribution in [3.8, 4) is 5.82 Å². The average Bonchev–Trinajstić information content (AvgIpc) is 3.04. The predicted molar refractivity (Wildman–Crippen MR) is 106 cm³/mol. The van der Waals surface area contributed by atoms with Crippen LogP contribution < -0.4 is 10.6 Å². The van der Waals surface area contributed by atoms with E-state index in [-0.39, 0.29) is 5.91 Å². The van der Waals surface area contributed by atoms with Gasteiger partial charge in [-0.2, -0.15) is 0 Å². The minimum absolute atomic E-state index is 0.257. The molecule has 0 aliphatic heterocycles. The fourth-order valence-electron chi connectivity index (χ4n) is 2.52. The van der Waals surface area contributed by atoms with E-state index in [1.54, 1.807) is 24.4 Å². The van der Waals surface area contributed by atoms with Crippen molar-refractivity contribution in [2.75, 3.05) is 18.4 Å². The molecule has 7 nitrogen and oxygen atoms in total. The third-order valence-corrected chi connectivity index (χ3v) is 4.34. The fraction of sp³-hybridized carbons (Fsp3) is 0.222. The summed E-state index contributed by atoms with van der Waals surface area (Å²) in [6.07, 6.45) is 3.56. The zero-order valence-corrected chi connectivity index (χ0v) is 16.3. The Hall–Kier alpha value is -2.64. The zero-order chi connectivity index (χ0) is 19.4. The van der Waals surface area contributed by atoms with Gasteiger partial charge in [0.2, 0.25) is 0 Å². The number of amides is 1. The number of hydrogen-bond donors (Lipinski definition) is 2. The average molecular weight is 405 g/mol. The first-order valence-electron chi connectivity index (χ1n) is 8.27. The lowest BCUT2D eigenvalue weighted by Crippen LogP contribution is -2.29. The van der Waals surface area contributed by atoms with Crippen LogP contribution in [0.25, 0.3) is 5.82 Å². The van der Waals surface area contributed by atoms with Crippen LogP contribution in [0.4, 0.5) is 5.82 Å². The molecule has 0 radical (unpaired) electrons. The number of halogens is 2. The molecule has 1 amide bonds. The number of rotatable bonds is 6. The molecule has 0 aliphatic carbocycles. The number of imidazole rings is 1. The lowest BCUT2D eigenvalue weighted by molar-refractivity contribution is 0.0955. The number of nitrogens with one attached hydrogen (secondary N) is 2. The van der Waals surface area contributed by atoms with E-state index in [4.69, 9.17) is 23.2 Å². The van der Waals surface area contributed by atoms with Gasteiger partial charge in [-0.1, -0.05) is 23.2 Å². The first kappa shape index (κ1) is 19.1. The van der Waals surface area contributed by atoms with Crippen molar-refractivity contribution in [1.29, 1.82) is 0 Å². The molecule has 2 heterocycles. The third kappa shape index (κ3) is 4.75. The van der Waals surface area contributed by atoms with Gasteiger partial charge in [0.05, 0.1) is 10.6 Å². The number of nitrogens with zero attached hydrogens (tertiary/aromatic N) is 4. The topological polar surface area (TPSA) is 84.7 Å². The van der Waals surface area contributed by atoms with Crippen molar-refractivity contribution in [2.45, 2.75) is 13.8 Å². The Balaban J connectivity index is 1.58. The second-order valence-electron chi connectivity index (χ2n) is 5.81. The molecule has 0 saturated carbocycles. The highest BCUT2D eigenvalue weighted by Gasteiger charge is 2.10. The highest BCUT2D eigenvalue weighted by molar-refractivity contribution is 6.36.